The van der Waals surface area contributed by atoms with Crippen molar-refractivity contribution in [3.05, 3.63) is 75.3 Å². The van der Waals surface area contributed by atoms with Gasteiger partial charge in [0.25, 0.3) is 5.56 Å². The molecule has 0 amide bonds. The summed E-state index contributed by atoms with van der Waals surface area (Å²) in [5.41, 5.74) is 2.04. The lowest BCUT2D eigenvalue weighted by atomic mass is 10.0. The molecule has 0 aliphatic rings. The van der Waals surface area contributed by atoms with Crippen LogP contribution in [-0.2, 0) is 17.5 Å². The highest BCUT2D eigenvalue weighted by Crippen LogP contribution is 2.35. The maximum Gasteiger partial charge on any atom is 0.416 e. The number of aryl methyl sites for hydroxylation is 2. The number of nitrogens with zero attached hydrogens (tertiary/aromatic N) is 3. The number of likely N-dealkylation sites (N-methyl/N-ethyl adjacent to an activating group) is 1. The fraction of sp³-hybridized carbons (Fsp3) is 0.292. The lowest BCUT2D eigenvalue weighted by Gasteiger charge is -2.19. The largest absolute Gasteiger partial charge is 0.495 e. The normalized spacial score (nSPS) is 11.5. The van der Waals surface area contributed by atoms with E-state index in [0.717, 1.165) is 28.8 Å². The molecule has 0 saturated carbocycles. The zero-order chi connectivity index (χ0) is 25.9. The third kappa shape index (κ3) is 5.99. The molecule has 0 aliphatic carbocycles. The Bertz CT molecular complexity index is 1280. The number of carbonyl (C=O) groups is 1. The topological polar surface area (TPSA) is 96.7 Å². The predicted molar refractivity (Wildman–Crippen MR) is 125 cm³/mol. The minimum absolute atomic E-state index is 0.0852. The fourth-order valence-electron chi connectivity index (χ4n) is 3.71. The van der Waals surface area contributed by atoms with E-state index < -0.39 is 23.3 Å². The number of halogens is 3. The number of methoxy groups -OCH3 is 1. The van der Waals surface area contributed by atoms with E-state index in [9.17, 15) is 22.8 Å². The van der Waals surface area contributed by atoms with Gasteiger partial charge < -0.3 is 15.2 Å². The maximum absolute atomic E-state index is 13.1. The van der Waals surface area contributed by atoms with Crippen molar-refractivity contribution in [3.63, 3.8) is 0 Å². The molecule has 0 atom stereocenters. The first-order valence-electron chi connectivity index (χ1n) is 10.5. The number of benzene rings is 2. The smallest absolute Gasteiger partial charge is 0.416 e. The van der Waals surface area contributed by atoms with E-state index >= 15 is 0 Å². The van der Waals surface area contributed by atoms with Gasteiger partial charge in [0.15, 0.2) is 5.82 Å². The summed E-state index contributed by atoms with van der Waals surface area (Å²) in [5, 5.41) is 11.8. The number of carboxylic acids is 1. The summed E-state index contributed by atoms with van der Waals surface area (Å²) in [5.74, 6) is -1.10. The molecule has 0 spiro atoms. The molecular weight excluding hydrogens is 465 g/mol. The molecule has 0 fully saturated rings. The van der Waals surface area contributed by atoms with Crippen molar-refractivity contribution in [2.24, 2.45) is 0 Å². The Hall–Kier alpha value is -3.86. The number of ether oxygens (including phenoxy) is 1. The highest BCUT2D eigenvalue weighted by atomic mass is 19.4. The first kappa shape index (κ1) is 25.8. The zero-order valence-electron chi connectivity index (χ0n) is 19.6. The van der Waals surface area contributed by atoms with Gasteiger partial charge in [-0.05, 0) is 67.9 Å². The van der Waals surface area contributed by atoms with Crippen molar-refractivity contribution in [3.8, 4) is 11.4 Å². The van der Waals surface area contributed by atoms with Gasteiger partial charge in [0.05, 0.1) is 24.9 Å². The van der Waals surface area contributed by atoms with Gasteiger partial charge in [0, 0.05) is 24.6 Å². The molecule has 8 nitrogen and oxygen atoms in total. The van der Waals surface area contributed by atoms with Crippen LogP contribution in [0.3, 0.4) is 0 Å². The summed E-state index contributed by atoms with van der Waals surface area (Å²) in [7, 11) is 2.94. The Morgan fingerprint density at radius 3 is 2.43 bits per heavy atom. The Labute approximate surface area is 199 Å². The van der Waals surface area contributed by atoms with Crippen molar-refractivity contribution >= 4 is 17.5 Å². The predicted octanol–water partition coefficient (Wildman–Crippen LogP) is 4.14. The van der Waals surface area contributed by atoms with Crippen LogP contribution in [0.2, 0.25) is 0 Å². The lowest BCUT2D eigenvalue weighted by molar-refractivity contribution is -0.138. The number of alkyl halides is 3. The minimum Gasteiger partial charge on any atom is -0.495 e. The molecule has 11 heteroatoms. The van der Waals surface area contributed by atoms with Crippen molar-refractivity contribution in [2.45, 2.75) is 26.6 Å². The van der Waals surface area contributed by atoms with E-state index in [1.807, 2.05) is 13.8 Å². The van der Waals surface area contributed by atoms with E-state index in [1.165, 1.54) is 30.1 Å². The average molecular weight is 490 g/mol. The average Bonchev–Trinajstić information content (AvgIpc) is 2.76. The summed E-state index contributed by atoms with van der Waals surface area (Å²) in [6, 6.07) is 6.52. The second-order valence-corrected chi connectivity index (χ2v) is 8.11. The van der Waals surface area contributed by atoms with E-state index in [0.29, 0.717) is 12.2 Å². The summed E-state index contributed by atoms with van der Waals surface area (Å²) < 4.78 is 45.5. The number of hydrogen-bond donors (Lipinski definition) is 2. The summed E-state index contributed by atoms with van der Waals surface area (Å²) in [6.45, 7) is 4.07. The van der Waals surface area contributed by atoms with Crippen LogP contribution < -0.4 is 15.6 Å². The number of nitrogens with one attached hydrogen (secondary N) is 1. The van der Waals surface area contributed by atoms with Crippen LogP contribution in [-0.4, -0.2) is 46.2 Å². The van der Waals surface area contributed by atoms with Crippen LogP contribution in [0.15, 0.2) is 47.5 Å². The van der Waals surface area contributed by atoms with Crippen molar-refractivity contribution in [2.75, 3.05) is 26.0 Å². The third-order valence-electron chi connectivity index (χ3n) is 5.41. The Morgan fingerprint density at radius 1 is 1.20 bits per heavy atom. The van der Waals surface area contributed by atoms with Gasteiger partial charge in [-0.1, -0.05) is 0 Å². The van der Waals surface area contributed by atoms with Crippen LogP contribution in [0.25, 0.3) is 5.69 Å². The lowest BCUT2D eigenvalue weighted by Crippen LogP contribution is -2.26. The number of rotatable bonds is 8. The molecular formula is C24H25F3N4O4. The molecule has 0 saturated heterocycles. The monoisotopic (exact) mass is 490 g/mol. The molecule has 2 N–H and O–H groups in total. The van der Waals surface area contributed by atoms with Crippen LogP contribution in [0.5, 0.6) is 5.75 Å². The Balaban J connectivity index is 1.94. The van der Waals surface area contributed by atoms with E-state index in [1.54, 1.807) is 24.1 Å². The highest BCUT2D eigenvalue weighted by Gasteiger charge is 2.31. The molecule has 2 aromatic carbocycles. The molecule has 0 unspecified atom stereocenters. The second kappa shape index (κ2) is 10.2. The summed E-state index contributed by atoms with van der Waals surface area (Å²) in [4.78, 5) is 29.8. The number of hydrogen-bond acceptors (Lipinski definition) is 6. The van der Waals surface area contributed by atoms with Gasteiger partial charge in [-0.3, -0.25) is 19.1 Å². The van der Waals surface area contributed by atoms with Crippen molar-refractivity contribution in [1.29, 1.82) is 0 Å². The Kier molecular flexibility index (Phi) is 7.49. The number of aliphatic carboxylic acids is 1. The van der Waals surface area contributed by atoms with Crippen LogP contribution in [0.4, 0.5) is 24.7 Å². The van der Waals surface area contributed by atoms with Crippen molar-refractivity contribution in [1.82, 2.24) is 14.5 Å². The number of aromatic nitrogens is 2. The standard InChI is InChI=1S/C24H25F3N4O4/c1-14-9-17(10-15(2)18(14)12-30(3)13-21(32)33)31-8-7-28-22(23(31)34)29-19-6-5-16(24(25,26)27)11-20(19)35-4/h5-11H,12-13H2,1-4H3,(H,28,29)(H,32,33). The van der Waals surface area contributed by atoms with E-state index in [2.05, 4.69) is 10.3 Å². The van der Waals surface area contributed by atoms with Crippen molar-refractivity contribution < 1.29 is 27.8 Å². The summed E-state index contributed by atoms with van der Waals surface area (Å²) in [6.07, 6.45) is -1.64. The minimum atomic E-state index is -4.53. The molecule has 0 radical (unpaired) electrons. The van der Waals surface area contributed by atoms with Gasteiger partial charge in [-0.2, -0.15) is 13.2 Å². The van der Waals surface area contributed by atoms with Gasteiger partial charge in [0.2, 0.25) is 0 Å². The van der Waals surface area contributed by atoms with Crippen LogP contribution in [0.1, 0.15) is 22.3 Å². The first-order valence-corrected chi connectivity index (χ1v) is 10.5. The summed E-state index contributed by atoms with van der Waals surface area (Å²) >= 11 is 0. The van der Waals surface area contributed by atoms with E-state index in [4.69, 9.17) is 9.84 Å². The molecule has 0 bridgehead atoms. The van der Waals surface area contributed by atoms with E-state index in [-0.39, 0.29) is 23.8 Å². The van der Waals surface area contributed by atoms with Crippen LogP contribution in [0, 0.1) is 13.8 Å². The molecule has 0 aliphatic heterocycles. The molecule has 35 heavy (non-hydrogen) atoms. The third-order valence-corrected chi connectivity index (χ3v) is 5.41. The van der Waals surface area contributed by atoms with Gasteiger partial charge >= 0.3 is 12.1 Å². The molecule has 1 aromatic heterocycles. The van der Waals surface area contributed by atoms with Gasteiger partial charge in [-0.25, -0.2) is 4.98 Å². The second-order valence-electron chi connectivity index (χ2n) is 8.11. The van der Waals surface area contributed by atoms with Gasteiger partial charge in [0.1, 0.15) is 5.75 Å². The quantitative estimate of drug-likeness (QED) is 0.490. The van der Waals surface area contributed by atoms with Crippen LogP contribution >= 0.6 is 0 Å². The Morgan fingerprint density at radius 2 is 1.86 bits per heavy atom. The number of anilines is 2. The fourth-order valence-corrected chi connectivity index (χ4v) is 3.71. The first-order chi connectivity index (χ1) is 16.4. The zero-order valence-corrected chi connectivity index (χ0v) is 19.6. The number of carboxylic acid groups (broad SMARTS) is 1. The molecule has 3 aromatic rings. The molecule has 186 valence electrons. The molecule has 3 rings (SSSR count). The SMILES string of the molecule is COc1cc(C(F)(F)F)ccc1Nc1nccn(-c2cc(C)c(CN(C)CC(=O)O)c(C)c2)c1=O. The van der Waals surface area contributed by atoms with Gasteiger partial charge in [-0.15, -0.1) is 0 Å². The molecule has 1 heterocycles. The highest BCUT2D eigenvalue weighted by molar-refractivity contribution is 5.69. The maximum atomic E-state index is 13.1.